The Hall–Kier alpha value is -3.64. The molecule has 0 spiro atoms. The van der Waals surface area contributed by atoms with E-state index in [0.29, 0.717) is 21.8 Å². The van der Waals surface area contributed by atoms with Crippen LogP contribution < -0.4 is 9.80 Å². The van der Waals surface area contributed by atoms with Crippen molar-refractivity contribution < 1.29 is 19.1 Å². The van der Waals surface area contributed by atoms with Gasteiger partial charge in [0.1, 0.15) is 11.6 Å². The van der Waals surface area contributed by atoms with Crippen LogP contribution in [0, 0.1) is 12.7 Å². The number of carbonyl (C=O) groups excluding carboxylic acids is 2. The summed E-state index contributed by atoms with van der Waals surface area (Å²) in [5.74, 6) is -2.34. The van der Waals surface area contributed by atoms with E-state index in [0.717, 1.165) is 18.8 Å². The van der Waals surface area contributed by atoms with Gasteiger partial charge in [-0.05, 0) is 86.5 Å². The third kappa shape index (κ3) is 4.54. The number of aliphatic hydroxyl groups is 1. The fraction of sp³-hybridized carbons (Fsp3) is 0.214. The van der Waals surface area contributed by atoms with Crippen molar-refractivity contribution in [3.8, 4) is 0 Å². The van der Waals surface area contributed by atoms with Crippen molar-refractivity contribution in [1.82, 2.24) is 0 Å². The van der Waals surface area contributed by atoms with Crippen molar-refractivity contribution in [1.29, 1.82) is 0 Å². The van der Waals surface area contributed by atoms with Crippen molar-refractivity contribution in [2.45, 2.75) is 26.8 Å². The fourth-order valence-electron chi connectivity index (χ4n) is 4.42. The highest BCUT2D eigenvalue weighted by molar-refractivity contribution is 6.51. The number of amides is 1. The number of aryl methyl sites for hydroxylation is 1. The van der Waals surface area contributed by atoms with Crippen molar-refractivity contribution in [3.05, 3.63) is 99.8 Å². The summed E-state index contributed by atoms with van der Waals surface area (Å²) in [5.41, 5.74) is 2.69. The zero-order chi connectivity index (χ0) is 25.3. The van der Waals surface area contributed by atoms with Gasteiger partial charge in [-0.3, -0.25) is 14.5 Å². The highest BCUT2D eigenvalue weighted by atomic mass is 35.5. The molecular formula is C28H26ClFN2O3. The van der Waals surface area contributed by atoms with Crippen LogP contribution in [0.1, 0.15) is 36.6 Å². The average Bonchev–Trinajstić information content (AvgIpc) is 3.12. The monoisotopic (exact) mass is 492 g/mol. The predicted octanol–water partition coefficient (Wildman–Crippen LogP) is 6.26. The van der Waals surface area contributed by atoms with Gasteiger partial charge in [-0.25, -0.2) is 4.39 Å². The Morgan fingerprint density at radius 1 is 1.00 bits per heavy atom. The van der Waals surface area contributed by atoms with E-state index in [1.165, 1.54) is 23.1 Å². The highest BCUT2D eigenvalue weighted by Crippen LogP contribution is 2.42. The summed E-state index contributed by atoms with van der Waals surface area (Å²) in [6.45, 7) is 7.38. The van der Waals surface area contributed by atoms with Crippen LogP contribution in [-0.4, -0.2) is 29.9 Å². The second-order valence-electron chi connectivity index (χ2n) is 8.37. The molecule has 1 atom stereocenters. The van der Waals surface area contributed by atoms with Gasteiger partial charge in [0.25, 0.3) is 11.7 Å². The molecular weight excluding hydrogens is 467 g/mol. The standard InChI is InChI=1S/C28H26ClFN2O3/c1-4-31(5-2)21-11-6-18(7-12-21)25-24(26(33)19-8-15-23(30)17(3)16-19)27(34)28(35)32(25)22-13-9-20(29)10-14-22/h6-16,25,33H,4-5H2,1-3H3/b26-24-. The third-order valence-corrected chi connectivity index (χ3v) is 6.57. The first kappa shape index (κ1) is 24.5. The van der Waals surface area contributed by atoms with Gasteiger partial charge in [-0.2, -0.15) is 0 Å². The quantitative estimate of drug-likeness (QED) is 0.250. The summed E-state index contributed by atoms with van der Waals surface area (Å²) in [5, 5.41) is 11.7. The predicted molar refractivity (Wildman–Crippen MR) is 137 cm³/mol. The number of hydrogen-bond acceptors (Lipinski definition) is 4. The maximum Gasteiger partial charge on any atom is 0.300 e. The number of rotatable bonds is 6. The molecule has 4 rings (SSSR count). The summed E-state index contributed by atoms with van der Waals surface area (Å²) < 4.78 is 13.9. The number of aliphatic hydroxyl groups excluding tert-OH is 1. The summed E-state index contributed by atoms with van der Waals surface area (Å²) in [6, 6.07) is 17.4. The second kappa shape index (κ2) is 9.92. The Balaban J connectivity index is 1.90. The normalized spacial score (nSPS) is 17.2. The van der Waals surface area contributed by atoms with Crippen LogP contribution in [0.3, 0.4) is 0 Å². The van der Waals surface area contributed by atoms with Crippen LogP contribution in [-0.2, 0) is 9.59 Å². The summed E-state index contributed by atoms with van der Waals surface area (Å²) >= 11 is 6.04. The summed E-state index contributed by atoms with van der Waals surface area (Å²) in [7, 11) is 0. The molecule has 1 aliphatic rings. The van der Waals surface area contributed by atoms with Gasteiger partial charge >= 0.3 is 0 Å². The Morgan fingerprint density at radius 3 is 2.20 bits per heavy atom. The maximum absolute atomic E-state index is 13.9. The van der Waals surface area contributed by atoms with E-state index in [2.05, 4.69) is 18.7 Å². The lowest BCUT2D eigenvalue weighted by Crippen LogP contribution is -2.29. The number of carbonyl (C=O) groups is 2. The van der Waals surface area contributed by atoms with Gasteiger partial charge in [0.05, 0.1) is 11.6 Å². The first-order valence-electron chi connectivity index (χ1n) is 11.4. The van der Waals surface area contributed by atoms with Gasteiger partial charge in [0, 0.05) is 35.1 Å². The fourth-order valence-corrected chi connectivity index (χ4v) is 4.55. The molecule has 0 saturated carbocycles. The molecule has 1 aliphatic heterocycles. The minimum atomic E-state index is -0.868. The lowest BCUT2D eigenvalue weighted by molar-refractivity contribution is -0.132. The Bertz CT molecular complexity index is 1300. The molecule has 3 aromatic rings. The Morgan fingerprint density at radius 2 is 1.63 bits per heavy atom. The molecule has 35 heavy (non-hydrogen) atoms. The van der Waals surface area contributed by atoms with Crippen LogP contribution in [0.25, 0.3) is 5.76 Å². The molecule has 0 radical (unpaired) electrons. The van der Waals surface area contributed by atoms with Crippen molar-refractivity contribution in [3.63, 3.8) is 0 Å². The number of anilines is 2. The van der Waals surface area contributed by atoms with Gasteiger partial charge in [-0.1, -0.05) is 23.7 Å². The zero-order valence-corrected chi connectivity index (χ0v) is 20.5. The van der Waals surface area contributed by atoms with E-state index < -0.39 is 23.5 Å². The maximum atomic E-state index is 13.9. The second-order valence-corrected chi connectivity index (χ2v) is 8.81. The molecule has 5 nitrogen and oxygen atoms in total. The molecule has 0 aromatic heterocycles. The van der Waals surface area contributed by atoms with E-state index in [1.807, 2.05) is 24.3 Å². The SMILES string of the molecule is CCN(CC)c1ccc(C2/C(=C(/O)c3ccc(F)c(C)c3)C(=O)C(=O)N2c2ccc(Cl)cc2)cc1. The number of halogens is 2. The lowest BCUT2D eigenvalue weighted by atomic mass is 9.94. The van der Waals surface area contributed by atoms with Crippen molar-refractivity contribution in [2.24, 2.45) is 0 Å². The van der Waals surface area contributed by atoms with E-state index in [1.54, 1.807) is 31.2 Å². The third-order valence-electron chi connectivity index (χ3n) is 6.32. The number of Topliss-reactive ketones (excluding diaryl/α,β-unsaturated/α-hetero) is 1. The van der Waals surface area contributed by atoms with E-state index >= 15 is 0 Å². The smallest absolute Gasteiger partial charge is 0.300 e. The molecule has 1 unspecified atom stereocenters. The summed E-state index contributed by atoms with van der Waals surface area (Å²) in [6.07, 6.45) is 0. The van der Waals surface area contributed by atoms with Gasteiger partial charge in [-0.15, -0.1) is 0 Å². The summed E-state index contributed by atoms with van der Waals surface area (Å²) in [4.78, 5) is 30.0. The molecule has 180 valence electrons. The first-order valence-corrected chi connectivity index (χ1v) is 11.8. The minimum Gasteiger partial charge on any atom is -0.507 e. The number of benzene rings is 3. The molecule has 3 aromatic carbocycles. The van der Waals surface area contributed by atoms with Crippen LogP contribution in [0.2, 0.25) is 5.02 Å². The topological polar surface area (TPSA) is 60.9 Å². The molecule has 1 amide bonds. The molecule has 7 heteroatoms. The average molecular weight is 493 g/mol. The van der Waals surface area contributed by atoms with E-state index in [-0.39, 0.29) is 16.9 Å². The Labute approximate surface area is 209 Å². The zero-order valence-electron chi connectivity index (χ0n) is 19.8. The highest BCUT2D eigenvalue weighted by Gasteiger charge is 2.47. The van der Waals surface area contributed by atoms with E-state index in [9.17, 15) is 19.1 Å². The van der Waals surface area contributed by atoms with E-state index in [4.69, 9.17) is 11.6 Å². The van der Waals surface area contributed by atoms with Crippen molar-refractivity contribution >= 4 is 40.4 Å². The van der Waals surface area contributed by atoms with Gasteiger partial charge in [0.15, 0.2) is 0 Å². The van der Waals surface area contributed by atoms with Crippen LogP contribution >= 0.6 is 11.6 Å². The Kier molecular flexibility index (Phi) is 6.94. The lowest BCUT2D eigenvalue weighted by Gasteiger charge is -2.27. The van der Waals surface area contributed by atoms with Gasteiger partial charge in [0.2, 0.25) is 0 Å². The van der Waals surface area contributed by atoms with Gasteiger partial charge < -0.3 is 10.0 Å². The van der Waals surface area contributed by atoms with Crippen LogP contribution in [0.15, 0.2) is 72.3 Å². The van der Waals surface area contributed by atoms with Crippen molar-refractivity contribution in [2.75, 3.05) is 22.9 Å². The van der Waals surface area contributed by atoms with Crippen LogP contribution in [0.4, 0.5) is 15.8 Å². The first-order chi connectivity index (χ1) is 16.8. The molecule has 1 saturated heterocycles. The number of ketones is 1. The molecule has 1 N–H and O–H groups in total. The largest absolute Gasteiger partial charge is 0.507 e. The van der Waals surface area contributed by atoms with Crippen LogP contribution in [0.5, 0.6) is 0 Å². The number of nitrogens with zero attached hydrogens (tertiary/aromatic N) is 2. The number of hydrogen-bond donors (Lipinski definition) is 1. The molecule has 1 fully saturated rings. The molecule has 0 bridgehead atoms. The molecule has 0 aliphatic carbocycles. The molecule has 1 heterocycles. The minimum absolute atomic E-state index is 0.0495.